The molecule has 6 aromatic rings. The molecule has 8 saturated carbocycles. The van der Waals surface area contributed by atoms with E-state index in [-0.39, 0.29) is 22.5 Å². The Balaban J connectivity index is 1.16. The Hall–Kier alpha value is -5.22. The van der Waals surface area contributed by atoms with Crippen LogP contribution in [0.15, 0.2) is 133 Å². The van der Waals surface area contributed by atoms with Crippen LogP contribution in [0.4, 0.5) is 8.78 Å². The predicted octanol–water partition coefficient (Wildman–Crippen LogP) is 14.8. The average Bonchev–Trinajstić information content (AvgIpc) is 3.54. The third kappa shape index (κ3) is 5.49. The maximum absolute atomic E-state index is 14.9. The van der Waals surface area contributed by atoms with Gasteiger partial charge in [0.25, 0.3) is 0 Å². The fourth-order valence-corrected chi connectivity index (χ4v) is 16.0. The van der Waals surface area contributed by atoms with Crippen molar-refractivity contribution in [1.82, 2.24) is 0 Å². The van der Waals surface area contributed by atoms with Gasteiger partial charge in [-0.25, -0.2) is 8.78 Å². The molecule has 8 fully saturated rings. The summed E-state index contributed by atoms with van der Waals surface area (Å²) in [6, 6.07) is 44.2. The fourth-order valence-electron chi connectivity index (χ4n) is 16.0. The van der Waals surface area contributed by atoms with E-state index in [1.54, 1.807) is 23.3 Å². The van der Waals surface area contributed by atoms with Crippen molar-refractivity contribution in [2.75, 3.05) is 0 Å². The molecule has 0 aromatic heterocycles. The van der Waals surface area contributed by atoms with E-state index in [1.807, 2.05) is 24.3 Å². The standard InChI is InChI=1S/C57H52F2O2/c58-41-9-7-11-43(27-41)60-51-17-5-3-15-48(51)57(49-16-4-6-18-52(49)61-44-12-8-10-42(59)28-44)47-14-2-1-13-45(47)46-19-20-50(55-29-35-21-36(30-55)23-37(22-35)31-55)54(53(46)57)56-32-38-24-39(33-56)26-40(25-38)34-56/h1-20,27-28,35-40H,21-26,29-34H2. The summed E-state index contributed by atoms with van der Waals surface area (Å²) < 4.78 is 43.8. The summed E-state index contributed by atoms with van der Waals surface area (Å²) in [7, 11) is 0. The zero-order chi connectivity index (χ0) is 40.5. The molecule has 0 unspecified atom stereocenters. The van der Waals surface area contributed by atoms with Crippen LogP contribution in [0.2, 0.25) is 0 Å². The predicted molar refractivity (Wildman–Crippen MR) is 236 cm³/mol. The van der Waals surface area contributed by atoms with Gasteiger partial charge in [0.1, 0.15) is 34.6 Å². The molecular formula is C57H52F2O2. The Morgan fingerprint density at radius 1 is 0.377 bits per heavy atom. The summed E-state index contributed by atoms with van der Waals surface area (Å²) in [5, 5.41) is 0. The molecule has 61 heavy (non-hydrogen) atoms. The highest BCUT2D eigenvalue weighted by Gasteiger charge is 2.61. The van der Waals surface area contributed by atoms with Crippen LogP contribution < -0.4 is 9.47 Å². The van der Waals surface area contributed by atoms with Gasteiger partial charge in [-0.05, 0) is 193 Å². The van der Waals surface area contributed by atoms with Gasteiger partial charge in [-0.1, -0.05) is 84.9 Å². The van der Waals surface area contributed by atoms with Crippen molar-refractivity contribution in [3.8, 4) is 34.1 Å². The van der Waals surface area contributed by atoms with Crippen LogP contribution in [-0.2, 0) is 16.2 Å². The van der Waals surface area contributed by atoms with Crippen LogP contribution >= 0.6 is 0 Å². The van der Waals surface area contributed by atoms with Crippen molar-refractivity contribution >= 4 is 0 Å². The van der Waals surface area contributed by atoms with Gasteiger partial charge in [-0.3, -0.25) is 0 Å². The van der Waals surface area contributed by atoms with E-state index >= 15 is 0 Å². The molecule has 9 aliphatic carbocycles. The maximum atomic E-state index is 14.9. The lowest BCUT2D eigenvalue weighted by molar-refractivity contribution is -0.0178. The van der Waals surface area contributed by atoms with E-state index in [2.05, 4.69) is 72.8 Å². The van der Waals surface area contributed by atoms with Gasteiger partial charge in [0, 0.05) is 23.3 Å². The smallest absolute Gasteiger partial charge is 0.132 e. The minimum atomic E-state index is -0.892. The highest BCUT2D eigenvalue weighted by Crippen LogP contribution is 2.70. The van der Waals surface area contributed by atoms with Crippen molar-refractivity contribution in [1.29, 1.82) is 0 Å². The molecule has 0 aliphatic heterocycles. The third-order valence-corrected chi connectivity index (χ3v) is 17.0. The summed E-state index contributed by atoms with van der Waals surface area (Å²) in [5.74, 6) is 6.35. The lowest BCUT2D eigenvalue weighted by atomic mass is 9.43. The minimum Gasteiger partial charge on any atom is -0.457 e. The summed E-state index contributed by atoms with van der Waals surface area (Å²) in [6.07, 6.45) is 16.0. The SMILES string of the molecule is Fc1cccc(Oc2ccccc2C2(c3ccccc3Oc3cccc(F)c3)c3ccccc3-c3ccc(C45CC6CC(CC(C6)C4)C5)c(C45CC6CC(CC(C6)C4)C5)c32)c1. The molecule has 6 aromatic carbocycles. The van der Waals surface area contributed by atoms with Crippen molar-refractivity contribution in [2.45, 2.75) is 93.3 Å². The Morgan fingerprint density at radius 2 is 0.820 bits per heavy atom. The molecule has 15 rings (SSSR count). The van der Waals surface area contributed by atoms with Crippen molar-refractivity contribution in [3.05, 3.63) is 178 Å². The Labute approximate surface area is 358 Å². The number of ether oxygens (including phenoxy) is 2. The van der Waals surface area contributed by atoms with E-state index in [0.717, 1.165) is 46.6 Å². The quantitative estimate of drug-likeness (QED) is 0.152. The first-order valence-electron chi connectivity index (χ1n) is 23.2. The van der Waals surface area contributed by atoms with E-state index in [4.69, 9.17) is 9.47 Å². The van der Waals surface area contributed by atoms with Crippen LogP contribution in [-0.4, -0.2) is 0 Å². The van der Waals surface area contributed by atoms with Crippen LogP contribution in [0.5, 0.6) is 23.0 Å². The Morgan fingerprint density at radius 3 is 1.31 bits per heavy atom. The summed E-state index contributed by atoms with van der Waals surface area (Å²) in [6.45, 7) is 0. The lowest BCUT2D eigenvalue weighted by Gasteiger charge is -2.61. The highest BCUT2D eigenvalue weighted by molar-refractivity contribution is 5.90. The number of rotatable bonds is 8. The molecule has 0 N–H and O–H groups in total. The van der Waals surface area contributed by atoms with Crippen molar-refractivity contribution in [3.63, 3.8) is 0 Å². The number of halogens is 2. The molecule has 0 heterocycles. The molecule has 9 aliphatic rings. The van der Waals surface area contributed by atoms with Gasteiger partial charge in [0.2, 0.25) is 0 Å². The molecule has 0 saturated heterocycles. The number of para-hydroxylation sites is 2. The molecule has 0 spiro atoms. The largest absolute Gasteiger partial charge is 0.457 e. The fraction of sp³-hybridized carbons (Fsp3) is 0.368. The molecular weight excluding hydrogens is 755 g/mol. The molecule has 0 radical (unpaired) electrons. The van der Waals surface area contributed by atoms with Gasteiger partial charge < -0.3 is 9.47 Å². The number of hydrogen-bond donors (Lipinski definition) is 0. The van der Waals surface area contributed by atoms with Gasteiger partial charge in [-0.15, -0.1) is 0 Å². The van der Waals surface area contributed by atoms with Gasteiger partial charge in [0.05, 0.1) is 5.41 Å². The highest BCUT2D eigenvalue weighted by atomic mass is 19.1. The molecule has 306 valence electrons. The number of fused-ring (bicyclic) bond motifs is 3. The summed E-state index contributed by atoms with van der Waals surface area (Å²) in [5.41, 5.74) is 9.78. The van der Waals surface area contributed by atoms with Gasteiger partial charge in [-0.2, -0.15) is 0 Å². The lowest BCUT2D eigenvalue weighted by Crippen LogP contribution is -2.53. The minimum absolute atomic E-state index is 0.0583. The zero-order valence-electron chi connectivity index (χ0n) is 34.7. The zero-order valence-corrected chi connectivity index (χ0v) is 34.7. The second kappa shape index (κ2) is 13.4. The summed E-state index contributed by atoms with van der Waals surface area (Å²) in [4.78, 5) is 0. The van der Waals surface area contributed by atoms with Crippen LogP contribution in [0.1, 0.15) is 110 Å². The topological polar surface area (TPSA) is 18.5 Å². The second-order valence-corrected chi connectivity index (χ2v) is 20.7. The van der Waals surface area contributed by atoms with E-state index < -0.39 is 5.41 Å². The Kier molecular flexibility index (Phi) is 8.00. The Bertz CT molecular complexity index is 2570. The van der Waals surface area contributed by atoms with Crippen molar-refractivity contribution in [2.24, 2.45) is 35.5 Å². The van der Waals surface area contributed by atoms with Crippen LogP contribution in [0, 0.1) is 47.1 Å². The monoisotopic (exact) mass is 806 g/mol. The van der Waals surface area contributed by atoms with E-state index in [1.165, 1.54) is 124 Å². The molecule has 8 bridgehead atoms. The van der Waals surface area contributed by atoms with Crippen LogP contribution in [0.3, 0.4) is 0 Å². The molecule has 0 atom stereocenters. The summed E-state index contributed by atoms with van der Waals surface area (Å²) >= 11 is 0. The van der Waals surface area contributed by atoms with E-state index in [0.29, 0.717) is 23.0 Å². The average molecular weight is 807 g/mol. The van der Waals surface area contributed by atoms with Gasteiger partial charge >= 0.3 is 0 Å². The molecule has 0 amide bonds. The van der Waals surface area contributed by atoms with E-state index in [9.17, 15) is 8.78 Å². The number of benzene rings is 6. The number of hydrogen-bond acceptors (Lipinski definition) is 2. The molecule has 2 nitrogen and oxygen atoms in total. The van der Waals surface area contributed by atoms with Crippen LogP contribution in [0.25, 0.3) is 11.1 Å². The molecule has 4 heteroatoms. The first-order chi connectivity index (χ1) is 29.9. The van der Waals surface area contributed by atoms with Crippen molar-refractivity contribution < 1.29 is 18.3 Å². The van der Waals surface area contributed by atoms with Gasteiger partial charge in [0.15, 0.2) is 0 Å². The second-order valence-electron chi connectivity index (χ2n) is 20.7. The third-order valence-electron chi connectivity index (χ3n) is 17.0. The first-order valence-corrected chi connectivity index (χ1v) is 23.2. The normalized spacial score (nSPS) is 30.6. The first kappa shape index (κ1) is 36.4. The maximum Gasteiger partial charge on any atom is 0.132 e.